The third kappa shape index (κ3) is 4.24. The normalized spacial score (nSPS) is 11.2. The molecule has 3 aromatic heterocycles. The van der Waals surface area contributed by atoms with E-state index in [-0.39, 0.29) is 0 Å². The minimum Gasteiger partial charge on any atom is -0.312 e. The molecule has 4 aromatic rings. The van der Waals surface area contributed by atoms with Gasteiger partial charge < -0.3 is 5.32 Å². The Bertz CT molecular complexity index is 1010. The lowest BCUT2D eigenvalue weighted by Gasteiger charge is -2.06. The molecule has 0 aliphatic carbocycles. The first-order valence-corrected chi connectivity index (χ1v) is 10.5. The van der Waals surface area contributed by atoms with Gasteiger partial charge in [-0.3, -0.25) is 4.68 Å². The Hall–Kier alpha value is -2.70. The summed E-state index contributed by atoms with van der Waals surface area (Å²) in [5, 5.41) is 15.1. The first kappa shape index (κ1) is 18.7. The maximum atomic E-state index is 4.86. The van der Waals surface area contributed by atoms with E-state index in [1.165, 1.54) is 16.1 Å². The number of benzene rings is 1. The van der Waals surface area contributed by atoms with Crippen molar-refractivity contribution in [2.24, 2.45) is 0 Å². The van der Waals surface area contributed by atoms with Gasteiger partial charge in [-0.15, -0.1) is 11.3 Å². The van der Waals surface area contributed by atoms with Crippen LogP contribution in [0.2, 0.25) is 0 Å². The lowest BCUT2D eigenvalue weighted by atomic mass is 10.2. The summed E-state index contributed by atoms with van der Waals surface area (Å²) in [4.78, 5) is 1.20. The summed E-state index contributed by atoms with van der Waals surface area (Å²) in [5.41, 5.74) is 5.67. The van der Waals surface area contributed by atoms with Gasteiger partial charge in [0.1, 0.15) is 5.69 Å². The molecule has 0 bridgehead atoms. The number of para-hydroxylation sites is 1. The van der Waals surface area contributed by atoms with Crippen molar-refractivity contribution in [3.8, 4) is 16.3 Å². The molecule has 5 nitrogen and oxygen atoms in total. The van der Waals surface area contributed by atoms with Crippen LogP contribution in [0.25, 0.3) is 16.3 Å². The van der Waals surface area contributed by atoms with Gasteiger partial charge in [-0.1, -0.05) is 24.3 Å². The average molecular weight is 392 g/mol. The van der Waals surface area contributed by atoms with E-state index in [2.05, 4.69) is 63.9 Å². The molecule has 1 N–H and O–H groups in total. The van der Waals surface area contributed by atoms with Gasteiger partial charge in [0, 0.05) is 30.5 Å². The van der Waals surface area contributed by atoms with E-state index in [1.807, 2.05) is 29.8 Å². The summed E-state index contributed by atoms with van der Waals surface area (Å²) < 4.78 is 4.06. The molecule has 0 aliphatic heterocycles. The SMILES string of the molecule is Cc1cc(C)n(CCCNCc2cn(-c3ccccc3)nc2-c2cccs2)n1. The minimum absolute atomic E-state index is 0.803. The summed E-state index contributed by atoms with van der Waals surface area (Å²) in [5.74, 6) is 0. The van der Waals surface area contributed by atoms with E-state index < -0.39 is 0 Å². The molecule has 0 saturated carbocycles. The lowest BCUT2D eigenvalue weighted by Crippen LogP contribution is -2.17. The van der Waals surface area contributed by atoms with Gasteiger partial charge in [0.15, 0.2) is 0 Å². The molecule has 28 heavy (non-hydrogen) atoms. The number of hydrogen-bond donors (Lipinski definition) is 1. The molecule has 0 amide bonds. The zero-order chi connectivity index (χ0) is 19.3. The highest BCUT2D eigenvalue weighted by Gasteiger charge is 2.13. The van der Waals surface area contributed by atoms with Crippen molar-refractivity contribution in [3.63, 3.8) is 0 Å². The van der Waals surface area contributed by atoms with Gasteiger partial charge in [0.2, 0.25) is 0 Å². The van der Waals surface area contributed by atoms with E-state index in [0.717, 1.165) is 43.1 Å². The van der Waals surface area contributed by atoms with E-state index in [9.17, 15) is 0 Å². The first-order chi connectivity index (χ1) is 13.7. The number of aryl methyl sites for hydroxylation is 3. The molecule has 3 heterocycles. The van der Waals surface area contributed by atoms with Crippen LogP contribution in [-0.4, -0.2) is 26.1 Å². The third-order valence-corrected chi connectivity index (χ3v) is 5.58. The highest BCUT2D eigenvalue weighted by molar-refractivity contribution is 7.13. The predicted molar refractivity (Wildman–Crippen MR) is 115 cm³/mol. The van der Waals surface area contributed by atoms with Crippen molar-refractivity contribution in [1.29, 1.82) is 0 Å². The van der Waals surface area contributed by atoms with Crippen molar-refractivity contribution in [3.05, 3.63) is 77.1 Å². The molecular weight excluding hydrogens is 366 g/mol. The van der Waals surface area contributed by atoms with E-state index in [4.69, 9.17) is 5.10 Å². The molecule has 0 aliphatic rings. The van der Waals surface area contributed by atoms with Crippen LogP contribution in [0.3, 0.4) is 0 Å². The Kier molecular flexibility index (Phi) is 5.69. The monoisotopic (exact) mass is 391 g/mol. The van der Waals surface area contributed by atoms with Gasteiger partial charge >= 0.3 is 0 Å². The van der Waals surface area contributed by atoms with Crippen LogP contribution in [0.4, 0.5) is 0 Å². The maximum Gasteiger partial charge on any atom is 0.107 e. The van der Waals surface area contributed by atoms with E-state index in [1.54, 1.807) is 11.3 Å². The van der Waals surface area contributed by atoms with Gasteiger partial charge in [-0.05, 0) is 56.5 Å². The number of nitrogens with one attached hydrogen (secondary N) is 1. The molecule has 1 aromatic carbocycles. The summed E-state index contributed by atoms with van der Waals surface area (Å²) in [6.07, 6.45) is 3.18. The van der Waals surface area contributed by atoms with Crippen LogP contribution in [0, 0.1) is 13.8 Å². The fraction of sp³-hybridized carbons (Fsp3) is 0.273. The Morgan fingerprint density at radius 3 is 2.61 bits per heavy atom. The zero-order valence-electron chi connectivity index (χ0n) is 16.3. The fourth-order valence-corrected chi connectivity index (χ4v) is 4.10. The quantitative estimate of drug-likeness (QED) is 0.447. The molecule has 0 atom stereocenters. The van der Waals surface area contributed by atoms with Crippen LogP contribution < -0.4 is 5.32 Å². The van der Waals surface area contributed by atoms with Gasteiger partial charge in [-0.2, -0.15) is 10.2 Å². The third-order valence-electron chi connectivity index (χ3n) is 4.71. The zero-order valence-corrected chi connectivity index (χ0v) is 17.1. The highest BCUT2D eigenvalue weighted by Crippen LogP contribution is 2.27. The topological polar surface area (TPSA) is 47.7 Å². The minimum atomic E-state index is 0.803. The Morgan fingerprint density at radius 2 is 1.89 bits per heavy atom. The Morgan fingerprint density at radius 1 is 1.04 bits per heavy atom. The summed E-state index contributed by atoms with van der Waals surface area (Å²) in [7, 11) is 0. The largest absolute Gasteiger partial charge is 0.312 e. The molecule has 0 spiro atoms. The van der Waals surface area contributed by atoms with Crippen molar-refractivity contribution >= 4 is 11.3 Å². The second kappa shape index (κ2) is 8.54. The number of nitrogens with zero attached hydrogens (tertiary/aromatic N) is 4. The molecule has 4 rings (SSSR count). The second-order valence-electron chi connectivity index (χ2n) is 6.94. The molecule has 0 unspecified atom stereocenters. The molecule has 6 heteroatoms. The number of aromatic nitrogens is 4. The van der Waals surface area contributed by atoms with Gasteiger partial charge in [0.05, 0.1) is 16.3 Å². The predicted octanol–water partition coefficient (Wildman–Crippen LogP) is 4.59. The molecule has 0 saturated heterocycles. The van der Waals surface area contributed by atoms with Crippen molar-refractivity contribution in [2.45, 2.75) is 33.4 Å². The highest BCUT2D eigenvalue weighted by atomic mass is 32.1. The maximum absolute atomic E-state index is 4.86. The summed E-state index contributed by atoms with van der Waals surface area (Å²) in [6, 6.07) is 16.6. The van der Waals surface area contributed by atoms with E-state index >= 15 is 0 Å². The molecule has 0 fully saturated rings. The number of rotatable bonds is 8. The smallest absolute Gasteiger partial charge is 0.107 e. The van der Waals surface area contributed by atoms with E-state index in [0.29, 0.717) is 0 Å². The summed E-state index contributed by atoms with van der Waals surface area (Å²) in [6.45, 7) is 6.83. The molecule has 144 valence electrons. The van der Waals surface area contributed by atoms with Crippen LogP contribution in [0.1, 0.15) is 23.4 Å². The van der Waals surface area contributed by atoms with Gasteiger partial charge in [-0.25, -0.2) is 4.68 Å². The van der Waals surface area contributed by atoms with Crippen LogP contribution >= 0.6 is 11.3 Å². The molecule has 0 radical (unpaired) electrons. The van der Waals surface area contributed by atoms with Crippen LogP contribution in [-0.2, 0) is 13.1 Å². The van der Waals surface area contributed by atoms with Crippen molar-refractivity contribution < 1.29 is 0 Å². The van der Waals surface area contributed by atoms with Crippen LogP contribution in [0.15, 0.2) is 60.1 Å². The molecular formula is C22H25N5S. The number of hydrogen-bond acceptors (Lipinski definition) is 4. The first-order valence-electron chi connectivity index (χ1n) is 9.60. The Labute approximate surface area is 169 Å². The summed E-state index contributed by atoms with van der Waals surface area (Å²) >= 11 is 1.73. The standard InChI is InChI=1S/C22H25N5S/c1-17-14-18(2)26(24-17)12-7-11-23-15-19-16-27(20-8-4-3-5-9-20)25-22(19)21-10-6-13-28-21/h3-6,8-10,13-14,16,23H,7,11-12,15H2,1-2H3. The van der Waals surface area contributed by atoms with Crippen LogP contribution in [0.5, 0.6) is 0 Å². The van der Waals surface area contributed by atoms with Crippen molar-refractivity contribution in [2.75, 3.05) is 6.54 Å². The Balaban J connectivity index is 1.42. The number of thiophene rings is 1. The fourth-order valence-electron chi connectivity index (χ4n) is 3.35. The lowest BCUT2D eigenvalue weighted by molar-refractivity contribution is 0.532. The van der Waals surface area contributed by atoms with Crippen molar-refractivity contribution in [1.82, 2.24) is 24.9 Å². The second-order valence-corrected chi connectivity index (χ2v) is 7.89. The average Bonchev–Trinajstić information content (AvgIpc) is 3.42. The van der Waals surface area contributed by atoms with Gasteiger partial charge in [0.25, 0.3) is 0 Å².